The molecule has 0 aliphatic carbocycles. The average Bonchev–Trinajstić information content (AvgIpc) is 3.16. The molecule has 5 nitrogen and oxygen atoms in total. The number of ether oxygens (including phenoxy) is 2. The number of nitrogens with zero attached hydrogens (tertiary/aromatic N) is 1. The first-order chi connectivity index (χ1) is 12.1. The van der Waals surface area contributed by atoms with Crippen molar-refractivity contribution in [2.24, 2.45) is 4.99 Å². The van der Waals surface area contributed by atoms with Crippen molar-refractivity contribution in [3.63, 3.8) is 0 Å². The van der Waals surface area contributed by atoms with E-state index in [1.807, 2.05) is 0 Å². The van der Waals surface area contributed by atoms with Gasteiger partial charge < -0.3 is 14.8 Å². The number of amidine groups is 1. The standard InChI is InChI=1S/C17H10Cl2N2O3S/c18-10-1-3-11(4-2-10)20-17-21-16(22)15(25-17)6-9-5-13-14(7-12(9)19)24-8-23-13/h1-7H,8H2,(H,20,21,22). The number of nitrogens with one attached hydrogen (secondary N) is 1. The van der Waals surface area contributed by atoms with Gasteiger partial charge in [-0.3, -0.25) is 4.79 Å². The van der Waals surface area contributed by atoms with Crippen LogP contribution in [0.1, 0.15) is 5.56 Å². The van der Waals surface area contributed by atoms with Crippen molar-refractivity contribution < 1.29 is 14.3 Å². The molecule has 1 saturated heterocycles. The minimum absolute atomic E-state index is 0.165. The Hall–Kier alpha value is -2.15. The van der Waals surface area contributed by atoms with E-state index < -0.39 is 0 Å². The Morgan fingerprint density at radius 3 is 2.60 bits per heavy atom. The highest BCUT2D eigenvalue weighted by atomic mass is 35.5. The summed E-state index contributed by atoms with van der Waals surface area (Å²) in [5.41, 5.74) is 1.38. The van der Waals surface area contributed by atoms with Crippen LogP contribution in [0.3, 0.4) is 0 Å². The van der Waals surface area contributed by atoms with Crippen molar-refractivity contribution in [3.05, 3.63) is 56.9 Å². The van der Waals surface area contributed by atoms with Crippen LogP contribution >= 0.6 is 35.0 Å². The zero-order chi connectivity index (χ0) is 17.4. The van der Waals surface area contributed by atoms with Gasteiger partial charge in [-0.1, -0.05) is 23.2 Å². The summed E-state index contributed by atoms with van der Waals surface area (Å²) in [5, 5.41) is 4.34. The molecule has 25 heavy (non-hydrogen) atoms. The van der Waals surface area contributed by atoms with E-state index >= 15 is 0 Å². The van der Waals surface area contributed by atoms with Gasteiger partial charge in [0.2, 0.25) is 6.79 Å². The molecule has 2 aliphatic heterocycles. The topological polar surface area (TPSA) is 59.9 Å². The van der Waals surface area contributed by atoms with Crippen LogP contribution in [0.25, 0.3) is 6.08 Å². The van der Waals surface area contributed by atoms with Crippen molar-refractivity contribution >= 4 is 57.8 Å². The molecule has 0 spiro atoms. The zero-order valence-electron chi connectivity index (χ0n) is 12.6. The quantitative estimate of drug-likeness (QED) is 0.757. The number of carbonyl (C=O) groups is 1. The summed E-state index contributed by atoms with van der Waals surface area (Å²) >= 11 is 13.3. The van der Waals surface area contributed by atoms with E-state index in [4.69, 9.17) is 32.7 Å². The molecule has 0 radical (unpaired) electrons. The predicted molar refractivity (Wildman–Crippen MR) is 99.8 cm³/mol. The number of aliphatic imine (C=N–C) groups is 1. The van der Waals surface area contributed by atoms with E-state index in [2.05, 4.69) is 10.3 Å². The predicted octanol–water partition coefficient (Wildman–Crippen LogP) is 4.61. The van der Waals surface area contributed by atoms with Crippen molar-refractivity contribution in [3.8, 4) is 11.5 Å². The number of amides is 1. The third kappa shape index (κ3) is 3.46. The summed E-state index contributed by atoms with van der Waals surface area (Å²) in [6.07, 6.45) is 1.70. The molecule has 0 unspecified atom stereocenters. The van der Waals surface area contributed by atoms with Gasteiger partial charge in [0.15, 0.2) is 16.7 Å². The molecule has 1 fully saturated rings. The molecule has 0 bridgehead atoms. The van der Waals surface area contributed by atoms with Gasteiger partial charge in [0, 0.05) is 11.1 Å². The lowest BCUT2D eigenvalue weighted by atomic mass is 10.2. The van der Waals surface area contributed by atoms with Crippen LogP contribution in [0.15, 0.2) is 46.3 Å². The molecule has 126 valence electrons. The molecule has 0 atom stereocenters. The fourth-order valence-corrected chi connectivity index (χ4v) is 3.47. The normalized spacial score (nSPS) is 18.9. The van der Waals surface area contributed by atoms with Gasteiger partial charge in [-0.05, 0) is 53.7 Å². The maximum atomic E-state index is 12.2. The molecule has 2 aromatic carbocycles. The van der Waals surface area contributed by atoms with Crippen molar-refractivity contribution in [1.29, 1.82) is 0 Å². The Morgan fingerprint density at radius 2 is 1.84 bits per heavy atom. The summed E-state index contributed by atoms with van der Waals surface area (Å²) in [5.74, 6) is 0.974. The van der Waals surface area contributed by atoms with Crippen molar-refractivity contribution in [2.75, 3.05) is 6.79 Å². The van der Waals surface area contributed by atoms with Crippen LogP contribution in [-0.2, 0) is 4.79 Å². The highest BCUT2D eigenvalue weighted by Gasteiger charge is 2.25. The first kappa shape index (κ1) is 16.3. The number of halogens is 2. The molecule has 8 heteroatoms. The molecular formula is C17H10Cl2N2O3S. The second-order valence-electron chi connectivity index (χ2n) is 5.19. The van der Waals surface area contributed by atoms with Crippen LogP contribution in [0.4, 0.5) is 5.69 Å². The average molecular weight is 393 g/mol. The van der Waals surface area contributed by atoms with E-state index in [1.54, 1.807) is 42.5 Å². The number of hydrogen-bond acceptors (Lipinski definition) is 5. The number of benzene rings is 2. The Morgan fingerprint density at radius 1 is 1.12 bits per heavy atom. The molecule has 2 aliphatic rings. The number of hydrogen-bond donors (Lipinski definition) is 1. The summed E-state index contributed by atoms with van der Waals surface area (Å²) < 4.78 is 10.6. The number of carbonyl (C=O) groups excluding carboxylic acids is 1. The number of rotatable bonds is 2. The third-order valence-electron chi connectivity index (χ3n) is 3.49. The Bertz CT molecular complexity index is 926. The molecule has 0 aromatic heterocycles. The SMILES string of the molecule is O=C1NC(=Nc2ccc(Cl)cc2)SC1=Cc1cc2c(cc1Cl)OCO2. The molecule has 1 N–H and O–H groups in total. The Labute approximate surface area is 157 Å². The van der Waals surface area contributed by atoms with E-state index in [0.717, 1.165) is 0 Å². The van der Waals surface area contributed by atoms with Crippen LogP contribution in [0.5, 0.6) is 11.5 Å². The van der Waals surface area contributed by atoms with Gasteiger partial charge in [0.05, 0.1) is 15.6 Å². The first-order valence-corrected chi connectivity index (χ1v) is 8.80. The maximum Gasteiger partial charge on any atom is 0.264 e. The smallest absolute Gasteiger partial charge is 0.264 e. The van der Waals surface area contributed by atoms with Gasteiger partial charge in [-0.25, -0.2) is 4.99 Å². The second kappa shape index (κ2) is 6.63. The summed E-state index contributed by atoms with van der Waals surface area (Å²) in [6, 6.07) is 10.5. The summed E-state index contributed by atoms with van der Waals surface area (Å²) in [6.45, 7) is 0.165. The lowest BCUT2D eigenvalue weighted by Crippen LogP contribution is -2.19. The van der Waals surface area contributed by atoms with Crippen LogP contribution in [0, 0.1) is 0 Å². The fraction of sp³-hybridized carbons (Fsp3) is 0.0588. The van der Waals surface area contributed by atoms with E-state index in [1.165, 1.54) is 11.8 Å². The van der Waals surface area contributed by atoms with Crippen LogP contribution in [0.2, 0.25) is 10.0 Å². The Balaban J connectivity index is 1.60. The zero-order valence-corrected chi connectivity index (χ0v) is 14.9. The maximum absolute atomic E-state index is 12.2. The molecule has 4 rings (SSSR count). The molecule has 0 saturated carbocycles. The molecule has 2 aromatic rings. The number of thioether (sulfide) groups is 1. The largest absolute Gasteiger partial charge is 0.454 e. The van der Waals surface area contributed by atoms with Gasteiger partial charge >= 0.3 is 0 Å². The van der Waals surface area contributed by atoms with Crippen LogP contribution < -0.4 is 14.8 Å². The van der Waals surface area contributed by atoms with Gasteiger partial charge in [0.1, 0.15) is 0 Å². The highest BCUT2D eigenvalue weighted by Crippen LogP contribution is 2.38. The van der Waals surface area contributed by atoms with Crippen molar-refractivity contribution in [2.45, 2.75) is 0 Å². The lowest BCUT2D eigenvalue weighted by molar-refractivity contribution is -0.115. The van der Waals surface area contributed by atoms with E-state index in [9.17, 15) is 4.79 Å². The van der Waals surface area contributed by atoms with Crippen molar-refractivity contribution in [1.82, 2.24) is 5.32 Å². The highest BCUT2D eigenvalue weighted by molar-refractivity contribution is 8.18. The fourth-order valence-electron chi connectivity index (χ4n) is 2.30. The van der Waals surface area contributed by atoms with Gasteiger partial charge in [-0.15, -0.1) is 0 Å². The third-order valence-corrected chi connectivity index (χ3v) is 4.98. The van der Waals surface area contributed by atoms with Gasteiger partial charge in [0.25, 0.3) is 5.91 Å². The monoisotopic (exact) mass is 392 g/mol. The second-order valence-corrected chi connectivity index (χ2v) is 7.06. The first-order valence-electron chi connectivity index (χ1n) is 7.23. The molecular weight excluding hydrogens is 383 g/mol. The summed E-state index contributed by atoms with van der Waals surface area (Å²) in [7, 11) is 0. The minimum atomic E-state index is -0.230. The molecule has 2 heterocycles. The van der Waals surface area contributed by atoms with Gasteiger partial charge in [-0.2, -0.15) is 0 Å². The Kier molecular flexibility index (Phi) is 4.33. The van der Waals surface area contributed by atoms with Crippen LogP contribution in [-0.4, -0.2) is 17.9 Å². The van der Waals surface area contributed by atoms with E-state index in [0.29, 0.717) is 42.9 Å². The lowest BCUT2D eigenvalue weighted by Gasteiger charge is -2.02. The summed E-state index contributed by atoms with van der Waals surface area (Å²) in [4.78, 5) is 17.1. The minimum Gasteiger partial charge on any atom is -0.454 e. The molecule has 1 amide bonds. The number of fused-ring (bicyclic) bond motifs is 1. The van der Waals surface area contributed by atoms with E-state index in [-0.39, 0.29) is 12.7 Å².